The third kappa shape index (κ3) is 2.01. The lowest BCUT2D eigenvalue weighted by Crippen LogP contribution is -2.15. The molecular weight excluding hydrogens is 256 g/mol. The molecule has 0 aliphatic rings. The lowest BCUT2D eigenvalue weighted by atomic mass is 10.2. The molecule has 6 nitrogen and oxygen atoms in total. The molecule has 0 spiro atoms. The number of H-pyrrole nitrogens is 2. The molecule has 0 radical (unpaired) electrons. The average molecular weight is 270 g/mol. The van der Waals surface area contributed by atoms with Crippen LogP contribution in [0.2, 0.25) is 0 Å². The molecule has 2 heterocycles. The van der Waals surface area contributed by atoms with Gasteiger partial charge in [0.15, 0.2) is 0 Å². The van der Waals surface area contributed by atoms with E-state index in [9.17, 15) is 9.59 Å². The largest absolute Gasteiger partial charge is 0.344 e. The smallest absolute Gasteiger partial charge is 0.323 e. The van der Waals surface area contributed by atoms with Gasteiger partial charge in [-0.25, -0.2) is 4.79 Å². The Morgan fingerprint density at radius 2 is 1.90 bits per heavy atom. The quantitative estimate of drug-likeness (QED) is 0.663. The third-order valence-corrected chi connectivity index (χ3v) is 3.38. The van der Waals surface area contributed by atoms with Crippen molar-refractivity contribution in [3.63, 3.8) is 0 Å². The first kappa shape index (κ1) is 12.3. The monoisotopic (exact) mass is 270 g/mol. The molecule has 1 aromatic carbocycles. The number of carbonyl (C=O) groups is 1. The molecule has 0 saturated heterocycles. The average Bonchev–Trinajstić information content (AvgIpc) is 2.92. The fourth-order valence-electron chi connectivity index (χ4n) is 2.15. The van der Waals surface area contributed by atoms with Crippen molar-refractivity contribution in [3.05, 3.63) is 52.2 Å². The van der Waals surface area contributed by atoms with Gasteiger partial charge in [0.2, 0.25) is 0 Å². The van der Waals surface area contributed by atoms with Crippen LogP contribution in [0.4, 0.5) is 5.69 Å². The number of hydrogen-bond acceptors (Lipinski definition) is 2. The highest BCUT2D eigenvalue weighted by Crippen LogP contribution is 2.16. The first-order valence-corrected chi connectivity index (χ1v) is 6.20. The van der Waals surface area contributed by atoms with Crippen LogP contribution in [0, 0.1) is 6.92 Å². The molecule has 0 fully saturated rings. The van der Waals surface area contributed by atoms with Crippen LogP contribution in [0.15, 0.2) is 35.1 Å². The summed E-state index contributed by atoms with van der Waals surface area (Å²) in [7, 11) is 1.84. The highest BCUT2D eigenvalue weighted by molar-refractivity contribution is 6.04. The van der Waals surface area contributed by atoms with Crippen LogP contribution in [0.25, 0.3) is 11.0 Å². The van der Waals surface area contributed by atoms with Crippen molar-refractivity contribution in [3.8, 4) is 0 Å². The maximum Gasteiger partial charge on any atom is 0.323 e. The standard InChI is InChI=1S/C14H14N4O2/c1-8-3-6-12(18(8)2)13(19)15-9-4-5-10-11(7-9)17-14(20)16-10/h3-7H,1-2H3,(H,15,19)(H2,16,17,20). The van der Waals surface area contributed by atoms with Gasteiger partial charge in [0.05, 0.1) is 11.0 Å². The fourth-order valence-corrected chi connectivity index (χ4v) is 2.15. The molecule has 3 N–H and O–H groups in total. The third-order valence-electron chi connectivity index (χ3n) is 3.38. The lowest BCUT2D eigenvalue weighted by molar-refractivity contribution is 0.101. The number of anilines is 1. The van der Waals surface area contributed by atoms with Crippen LogP contribution < -0.4 is 11.0 Å². The number of fused-ring (bicyclic) bond motifs is 1. The Morgan fingerprint density at radius 3 is 2.60 bits per heavy atom. The van der Waals surface area contributed by atoms with Crippen LogP contribution in [-0.4, -0.2) is 20.4 Å². The minimum atomic E-state index is -0.262. The van der Waals surface area contributed by atoms with E-state index in [4.69, 9.17) is 0 Å². The van der Waals surface area contributed by atoms with E-state index in [0.717, 1.165) is 5.69 Å². The number of aromatic nitrogens is 3. The van der Waals surface area contributed by atoms with E-state index in [-0.39, 0.29) is 11.6 Å². The Labute approximate surface area is 114 Å². The van der Waals surface area contributed by atoms with Gasteiger partial charge in [-0.2, -0.15) is 0 Å². The number of carbonyl (C=O) groups excluding carboxylic acids is 1. The molecule has 0 bridgehead atoms. The molecular formula is C14H14N4O2. The molecule has 0 atom stereocenters. The van der Waals surface area contributed by atoms with Gasteiger partial charge in [-0.3, -0.25) is 4.79 Å². The molecule has 2 aromatic heterocycles. The maximum atomic E-state index is 12.2. The molecule has 20 heavy (non-hydrogen) atoms. The summed E-state index contributed by atoms with van der Waals surface area (Å²) in [5.74, 6) is -0.183. The minimum absolute atomic E-state index is 0.183. The second-order valence-electron chi connectivity index (χ2n) is 4.71. The van der Waals surface area contributed by atoms with E-state index in [1.165, 1.54) is 0 Å². The topological polar surface area (TPSA) is 82.7 Å². The zero-order chi connectivity index (χ0) is 14.3. The maximum absolute atomic E-state index is 12.2. The van der Waals surface area contributed by atoms with E-state index < -0.39 is 0 Å². The van der Waals surface area contributed by atoms with Gasteiger partial charge < -0.3 is 19.9 Å². The fraction of sp³-hybridized carbons (Fsp3) is 0.143. The number of amides is 1. The number of aromatic amines is 2. The van der Waals surface area contributed by atoms with Crippen molar-refractivity contribution in [2.24, 2.45) is 7.05 Å². The van der Waals surface area contributed by atoms with Crippen LogP contribution in [0.1, 0.15) is 16.2 Å². The number of benzene rings is 1. The number of nitrogens with one attached hydrogen (secondary N) is 3. The summed E-state index contributed by atoms with van der Waals surface area (Å²) in [6.45, 7) is 1.94. The number of nitrogens with zero attached hydrogens (tertiary/aromatic N) is 1. The number of imidazole rings is 1. The van der Waals surface area contributed by atoms with Crippen LogP contribution in [0.5, 0.6) is 0 Å². The van der Waals surface area contributed by atoms with Crippen molar-refractivity contribution in [2.45, 2.75) is 6.92 Å². The summed E-state index contributed by atoms with van der Waals surface area (Å²) >= 11 is 0. The van der Waals surface area contributed by atoms with Gasteiger partial charge in [0, 0.05) is 18.4 Å². The van der Waals surface area contributed by atoms with Crippen molar-refractivity contribution < 1.29 is 4.79 Å². The van der Waals surface area contributed by atoms with E-state index >= 15 is 0 Å². The normalized spacial score (nSPS) is 10.9. The van der Waals surface area contributed by atoms with Gasteiger partial charge >= 0.3 is 5.69 Å². The van der Waals surface area contributed by atoms with Crippen molar-refractivity contribution >= 4 is 22.6 Å². The van der Waals surface area contributed by atoms with E-state index in [1.54, 1.807) is 24.3 Å². The van der Waals surface area contributed by atoms with Gasteiger partial charge in [-0.15, -0.1) is 0 Å². The van der Waals surface area contributed by atoms with Crippen molar-refractivity contribution in [1.29, 1.82) is 0 Å². The molecule has 0 unspecified atom stereocenters. The second-order valence-corrected chi connectivity index (χ2v) is 4.71. The molecule has 1 amide bonds. The number of aryl methyl sites for hydroxylation is 1. The number of rotatable bonds is 2. The predicted octanol–water partition coefficient (Wildman–Crippen LogP) is 1.76. The Morgan fingerprint density at radius 1 is 1.15 bits per heavy atom. The summed E-state index contributed by atoms with van der Waals surface area (Å²) in [5.41, 5.74) is 3.35. The van der Waals surface area contributed by atoms with Crippen LogP contribution >= 0.6 is 0 Å². The molecule has 102 valence electrons. The highest BCUT2D eigenvalue weighted by Gasteiger charge is 2.11. The first-order chi connectivity index (χ1) is 9.54. The van der Waals surface area contributed by atoms with Crippen LogP contribution in [0.3, 0.4) is 0 Å². The summed E-state index contributed by atoms with van der Waals surface area (Å²) in [6.07, 6.45) is 0. The Balaban J connectivity index is 1.90. The van der Waals surface area contributed by atoms with E-state index in [1.807, 2.05) is 24.6 Å². The second kappa shape index (κ2) is 4.41. The molecule has 3 aromatic rings. The molecule has 0 aliphatic heterocycles. The molecule has 0 aliphatic carbocycles. The summed E-state index contributed by atoms with van der Waals surface area (Å²) in [4.78, 5) is 28.7. The SMILES string of the molecule is Cc1ccc(C(=O)Nc2ccc3[nH]c(=O)[nH]c3c2)n1C. The van der Waals surface area contributed by atoms with Crippen molar-refractivity contribution in [2.75, 3.05) is 5.32 Å². The molecule has 3 rings (SSSR count). The molecule has 6 heteroatoms. The van der Waals surface area contributed by atoms with E-state index in [2.05, 4.69) is 15.3 Å². The van der Waals surface area contributed by atoms with Gasteiger partial charge in [0.1, 0.15) is 5.69 Å². The highest BCUT2D eigenvalue weighted by atomic mass is 16.2. The summed E-state index contributed by atoms with van der Waals surface area (Å²) in [6, 6.07) is 8.89. The zero-order valence-corrected chi connectivity index (χ0v) is 11.2. The summed E-state index contributed by atoms with van der Waals surface area (Å²) in [5, 5.41) is 2.82. The Kier molecular flexibility index (Phi) is 2.71. The van der Waals surface area contributed by atoms with E-state index in [0.29, 0.717) is 22.4 Å². The lowest BCUT2D eigenvalue weighted by Gasteiger charge is -2.07. The summed E-state index contributed by atoms with van der Waals surface area (Å²) < 4.78 is 1.83. The Bertz CT molecular complexity index is 854. The minimum Gasteiger partial charge on any atom is -0.344 e. The first-order valence-electron chi connectivity index (χ1n) is 6.20. The van der Waals surface area contributed by atoms with Gasteiger partial charge in [-0.05, 0) is 37.3 Å². The molecule has 0 saturated carbocycles. The predicted molar refractivity (Wildman–Crippen MR) is 77.0 cm³/mol. The van der Waals surface area contributed by atoms with Crippen LogP contribution in [-0.2, 0) is 7.05 Å². The van der Waals surface area contributed by atoms with Gasteiger partial charge in [-0.1, -0.05) is 0 Å². The Hall–Kier alpha value is -2.76. The zero-order valence-electron chi connectivity index (χ0n) is 11.2. The van der Waals surface area contributed by atoms with Crippen molar-refractivity contribution in [1.82, 2.24) is 14.5 Å². The van der Waals surface area contributed by atoms with Gasteiger partial charge in [0.25, 0.3) is 5.91 Å². The number of hydrogen-bond donors (Lipinski definition) is 3.